The number of hydrogen-bond donors (Lipinski definition) is 1. The first kappa shape index (κ1) is 14.9. The third kappa shape index (κ3) is 2.93. The summed E-state index contributed by atoms with van der Waals surface area (Å²) in [7, 11) is 2.39. The van der Waals surface area contributed by atoms with Crippen molar-refractivity contribution in [2.45, 2.75) is 6.10 Å². The summed E-state index contributed by atoms with van der Waals surface area (Å²) in [5.74, 6) is -1.66. The average molecular weight is 295 g/mol. The van der Waals surface area contributed by atoms with E-state index in [1.807, 2.05) is 0 Å². The van der Waals surface area contributed by atoms with Gasteiger partial charge in [0, 0.05) is 5.56 Å². The maximum absolute atomic E-state index is 13.2. The number of aliphatic hydroxyl groups is 1. The van der Waals surface area contributed by atoms with E-state index in [-0.39, 0.29) is 28.3 Å². The van der Waals surface area contributed by atoms with Crippen LogP contribution >= 0.6 is 17.0 Å². The Morgan fingerprint density at radius 2 is 2.06 bits per heavy atom. The summed E-state index contributed by atoms with van der Waals surface area (Å²) in [6.45, 7) is 0. The van der Waals surface area contributed by atoms with Crippen LogP contribution in [0.4, 0.5) is 4.39 Å². The summed E-state index contributed by atoms with van der Waals surface area (Å²) >= 11 is 0. The van der Waals surface area contributed by atoms with Gasteiger partial charge in [-0.1, -0.05) is 12.1 Å². The van der Waals surface area contributed by atoms with Crippen LogP contribution in [0, 0.1) is 5.82 Å². The molecular formula is C10H12BrFO4. The summed E-state index contributed by atoms with van der Waals surface area (Å²) in [6, 6.07) is 3.94. The second-order valence-corrected chi connectivity index (χ2v) is 2.79. The summed E-state index contributed by atoms with van der Waals surface area (Å²) in [6.07, 6.45) is -1.54. The Balaban J connectivity index is 0.00000225. The summed E-state index contributed by atoms with van der Waals surface area (Å²) in [4.78, 5) is 11.0. The van der Waals surface area contributed by atoms with Gasteiger partial charge in [-0.2, -0.15) is 0 Å². The lowest BCUT2D eigenvalue weighted by molar-refractivity contribution is -0.150. The number of carbonyl (C=O) groups is 1. The molecule has 0 heterocycles. The molecule has 0 spiro atoms. The van der Waals surface area contributed by atoms with Crippen molar-refractivity contribution in [1.82, 2.24) is 0 Å². The lowest BCUT2D eigenvalue weighted by atomic mass is 10.1. The topological polar surface area (TPSA) is 55.8 Å². The van der Waals surface area contributed by atoms with Crippen LogP contribution in [-0.2, 0) is 9.53 Å². The van der Waals surface area contributed by atoms with Gasteiger partial charge in [0.25, 0.3) is 0 Å². The molecule has 6 heteroatoms. The first-order valence-corrected chi connectivity index (χ1v) is 4.20. The molecule has 0 fully saturated rings. The zero-order valence-electron chi connectivity index (χ0n) is 8.77. The third-order valence-electron chi connectivity index (χ3n) is 1.92. The van der Waals surface area contributed by atoms with E-state index in [9.17, 15) is 14.3 Å². The minimum atomic E-state index is -1.54. The van der Waals surface area contributed by atoms with Gasteiger partial charge in [0.1, 0.15) is 0 Å². The molecule has 1 rings (SSSR count). The van der Waals surface area contributed by atoms with Gasteiger partial charge in [-0.3, -0.25) is 0 Å². The van der Waals surface area contributed by atoms with Crippen molar-refractivity contribution in [2.75, 3.05) is 14.2 Å². The van der Waals surface area contributed by atoms with Gasteiger partial charge < -0.3 is 14.6 Å². The maximum Gasteiger partial charge on any atom is 0.339 e. The molecule has 90 valence electrons. The van der Waals surface area contributed by atoms with E-state index in [1.54, 1.807) is 0 Å². The number of carbonyl (C=O) groups excluding carboxylic acids is 1. The van der Waals surface area contributed by atoms with Crippen molar-refractivity contribution < 1.29 is 23.8 Å². The Hall–Kier alpha value is -1.14. The van der Waals surface area contributed by atoms with Crippen molar-refractivity contribution in [2.24, 2.45) is 0 Å². The lowest BCUT2D eigenvalue weighted by Gasteiger charge is -2.12. The highest BCUT2D eigenvalue weighted by atomic mass is 79.9. The second-order valence-electron chi connectivity index (χ2n) is 2.79. The Morgan fingerprint density at radius 1 is 1.44 bits per heavy atom. The van der Waals surface area contributed by atoms with E-state index in [0.29, 0.717) is 0 Å². The Labute approximate surface area is 103 Å². The van der Waals surface area contributed by atoms with E-state index in [4.69, 9.17) is 4.74 Å². The number of halogens is 2. The fourth-order valence-corrected chi connectivity index (χ4v) is 1.19. The normalized spacial score (nSPS) is 11.2. The fourth-order valence-electron chi connectivity index (χ4n) is 1.19. The van der Waals surface area contributed by atoms with Crippen LogP contribution in [0.2, 0.25) is 0 Å². The third-order valence-corrected chi connectivity index (χ3v) is 1.92. The molecule has 1 unspecified atom stereocenters. The lowest BCUT2D eigenvalue weighted by Crippen LogP contribution is -2.14. The predicted octanol–water partition coefficient (Wildman–Crippen LogP) is 1.62. The minimum Gasteiger partial charge on any atom is -0.493 e. The number of hydrogen-bond acceptors (Lipinski definition) is 4. The van der Waals surface area contributed by atoms with Crippen LogP contribution in [0.1, 0.15) is 11.7 Å². The highest BCUT2D eigenvalue weighted by Crippen LogP contribution is 2.28. The van der Waals surface area contributed by atoms with E-state index < -0.39 is 17.9 Å². The van der Waals surface area contributed by atoms with Gasteiger partial charge in [-0.15, -0.1) is 17.0 Å². The molecule has 1 aromatic rings. The van der Waals surface area contributed by atoms with Crippen LogP contribution in [0.3, 0.4) is 0 Å². The minimum absolute atomic E-state index is 0. The number of rotatable bonds is 3. The molecule has 0 aromatic heterocycles. The fraction of sp³-hybridized carbons (Fsp3) is 0.300. The Kier molecular flexibility index (Phi) is 5.98. The second kappa shape index (κ2) is 6.44. The molecule has 0 amide bonds. The molecule has 0 aliphatic carbocycles. The molecule has 0 radical (unpaired) electrons. The first-order valence-electron chi connectivity index (χ1n) is 4.20. The van der Waals surface area contributed by atoms with Crippen molar-refractivity contribution in [3.8, 4) is 5.75 Å². The summed E-state index contributed by atoms with van der Waals surface area (Å²) in [5.41, 5.74) is 0.0457. The first-order chi connectivity index (χ1) is 7.11. The predicted molar refractivity (Wildman–Crippen MR) is 60.2 cm³/mol. The average Bonchev–Trinajstić information content (AvgIpc) is 2.26. The number of benzene rings is 1. The smallest absolute Gasteiger partial charge is 0.339 e. The Morgan fingerprint density at radius 3 is 2.56 bits per heavy atom. The molecule has 4 nitrogen and oxygen atoms in total. The van der Waals surface area contributed by atoms with Crippen molar-refractivity contribution in [1.29, 1.82) is 0 Å². The monoisotopic (exact) mass is 294 g/mol. The number of esters is 1. The SMILES string of the molecule is Br.COC(=O)C(O)c1cccc(F)c1OC. The standard InChI is InChI=1S/C10H11FO4.BrH/c1-14-9-6(4-3-5-7(9)11)8(12)10(13)15-2;/h3-5,8,12H,1-2H3;1H. The molecule has 0 saturated carbocycles. The molecule has 0 aliphatic heterocycles. The van der Waals surface area contributed by atoms with Crippen LogP contribution in [0.5, 0.6) is 5.75 Å². The van der Waals surface area contributed by atoms with E-state index in [1.165, 1.54) is 25.3 Å². The summed E-state index contributed by atoms with van der Waals surface area (Å²) in [5, 5.41) is 9.50. The number of ether oxygens (including phenoxy) is 2. The van der Waals surface area contributed by atoms with E-state index in [2.05, 4.69) is 4.74 Å². The molecule has 1 aromatic carbocycles. The quantitative estimate of drug-likeness (QED) is 0.861. The van der Waals surface area contributed by atoms with Gasteiger partial charge in [0.05, 0.1) is 14.2 Å². The highest BCUT2D eigenvalue weighted by Gasteiger charge is 2.23. The number of methoxy groups -OCH3 is 2. The molecule has 1 N–H and O–H groups in total. The molecule has 1 atom stereocenters. The van der Waals surface area contributed by atoms with E-state index in [0.717, 1.165) is 7.11 Å². The highest BCUT2D eigenvalue weighted by molar-refractivity contribution is 8.93. The van der Waals surface area contributed by atoms with Gasteiger partial charge in [-0.25, -0.2) is 9.18 Å². The maximum atomic E-state index is 13.2. The van der Waals surface area contributed by atoms with E-state index >= 15 is 0 Å². The molecule has 16 heavy (non-hydrogen) atoms. The van der Waals surface area contributed by atoms with Gasteiger partial charge in [0.2, 0.25) is 0 Å². The zero-order valence-corrected chi connectivity index (χ0v) is 10.5. The van der Waals surface area contributed by atoms with Crippen molar-refractivity contribution in [3.63, 3.8) is 0 Å². The van der Waals surface area contributed by atoms with Gasteiger partial charge in [-0.05, 0) is 6.07 Å². The Bertz CT molecular complexity index is 370. The largest absolute Gasteiger partial charge is 0.493 e. The van der Waals surface area contributed by atoms with Crippen LogP contribution in [0.15, 0.2) is 18.2 Å². The number of para-hydroxylation sites is 1. The zero-order chi connectivity index (χ0) is 11.4. The molecular weight excluding hydrogens is 283 g/mol. The van der Waals surface area contributed by atoms with Gasteiger partial charge in [0.15, 0.2) is 17.7 Å². The van der Waals surface area contributed by atoms with Crippen molar-refractivity contribution in [3.05, 3.63) is 29.6 Å². The molecule has 0 aliphatic rings. The molecule has 0 bridgehead atoms. The van der Waals surface area contributed by atoms with Gasteiger partial charge >= 0.3 is 5.97 Å². The van der Waals surface area contributed by atoms with Crippen LogP contribution in [-0.4, -0.2) is 25.3 Å². The van der Waals surface area contributed by atoms with Crippen LogP contribution < -0.4 is 4.74 Å². The summed E-state index contributed by atoms with van der Waals surface area (Å²) < 4.78 is 22.3. The van der Waals surface area contributed by atoms with Crippen molar-refractivity contribution >= 4 is 23.0 Å². The number of aliphatic hydroxyl groups excluding tert-OH is 1. The van der Waals surface area contributed by atoms with Crippen LogP contribution in [0.25, 0.3) is 0 Å². The molecule has 0 saturated heterocycles.